The third kappa shape index (κ3) is 4.05. The number of piperidine rings is 1. The number of carbonyl (C=O) groups is 2. The maximum atomic E-state index is 14.9. The van der Waals surface area contributed by atoms with E-state index >= 15 is 0 Å². The van der Waals surface area contributed by atoms with Gasteiger partial charge in [-0.1, -0.05) is 18.2 Å². The van der Waals surface area contributed by atoms with Gasteiger partial charge in [0.1, 0.15) is 11.2 Å². The second-order valence-corrected chi connectivity index (χ2v) is 7.73. The average Bonchev–Trinajstić information content (AvgIpc) is 2.80. The molecular formula is C23H23FN4O4. The van der Waals surface area contributed by atoms with Crippen LogP contribution < -0.4 is 15.6 Å². The van der Waals surface area contributed by atoms with Gasteiger partial charge in [-0.05, 0) is 38.0 Å². The van der Waals surface area contributed by atoms with Crippen LogP contribution in [-0.4, -0.2) is 45.7 Å². The van der Waals surface area contributed by atoms with E-state index in [2.05, 4.69) is 10.3 Å². The zero-order valence-electron chi connectivity index (χ0n) is 17.5. The minimum atomic E-state index is -1.36. The molecule has 0 saturated carbocycles. The Kier molecular flexibility index (Phi) is 5.89. The average molecular weight is 438 g/mol. The molecule has 166 valence electrons. The van der Waals surface area contributed by atoms with Gasteiger partial charge < -0.3 is 19.9 Å². The number of nitrogens with zero attached hydrogens (tertiary/aromatic N) is 3. The Bertz CT molecular complexity index is 1230. The first-order chi connectivity index (χ1) is 15.4. The van der Waals surface area contributed by atoms with Gasteiger partial charge >= 0.3 is 5.97 Å². The molecule has 0 atom stereocenters. The number of hydrogen-bond donors (Lipinski definition) is 2. The van der Waals surface area contributed by atoms with Crippen molar-refractivity contribution in [1.29, 1.82) is 0 Å². The van der Waals surface area contributed by atoms with Crippen molar-refractivity contribution in [3.63, 3.8) is 0 Å². The molecule has 0 aliphatic carbocycles. The Balaban J connectivity index is 1.55. The molecule has 0 bridgehead atoms. The topological polar surface area (TPSA) is 105 Å². The Morgan fingerprint density at radius 3 is 2.53 bits per heavy atom. The molecular weight excluding hydrogens is 415 g/mol. The van der Waals surface area contributed by atoms with Gasteiger partial charge in [0, 0.05) is 37.4 Å². The third-order valence-electron chi connectivity index (χ3n) is 5.72. The van der Waals surface area contributed by atoms with Crippen LogP contribution in [-0.2, 0) is 6.54 Å². The lowest BCUT2D eigenvalue weighted by Gasteiger charge is -2.33. The summed E-state index contributed by atoms with van der Waals surface area (Å²) in [5.74, 6) is -2.05. The fraction of sp³-hybridized carbons (Fsp3) is 0.304. The van der Waals surface area contributed by atoms with Crippen LogP contribution >= 0.6 is 0 Å². The number of nitrogens with one attached hydrogen (secondary N) is 1. The van der Waals surface area contributed by atoms with Crippen LogP contribution in [0, 0.1) is 5.82 Å². The number of aromatic carboxylic acids is 1. The number of carboxylic acid groups (broad SMARTS) is 1. The number of carbonyl (C=O) groups excluding carboxylic acids is 1. The minimum absolute atomic E-state index is 0.0329. The van der Waals surface area contributed by atoms with Gasteiger partial charge in [-0.3, -0.25) is 9.59 Å². The summed E-state index contributed by atoms with van der Waals surface area (Å²) >= 11 is 0. The van der Waals surface area contributed by atoms with E-state index in [1.165, 1.54) is 10.8 Å². The highest BCUT2D eigenvalue weighted by Gasteiger charge is 2.25. The molecule has 0 radical (unpaired) electrons. The van der Waals surface area contributed by atoms with E-state index in [9.17, 15) is 23.9 Å². The first-order valence-electron chi connectivity index (χ1n) is 10.5. The number of carboxylic acids is 1. The smallest absolute Gasteiger partial charge is 0.341 e. The van der Waals surface area contributed by atoms with E-state index in [0.29, 0.717) is 38.0 Å². The van der Waals surface area contributed by atoms with E-state index in [0.717, 1.165) is 6.07 Å². The summed E-state index contributed by atoms with van der Waals surface area (Å²) in [6, 6.07) is 10.0. The summed E-state index contributed by atoms with van der Waals surface area (Å²) in [7, 11) is 0. The molecule has 0 spiro atoms. The summed E-state index contributed by atoms with van der Waals surface area (Å²) in [4.78, 5) is 42.4. The monoisotopic (exact) mass is 438 g/mol. The molecule has 8 nitrogen and oxygen atoms in total. The largest absolute Gasteiger partial charge is 0.477 e. The van der Waals surface area contributed by atoms with Crippen LogP contribution in [0.15, 0.2) is 47.4 Å². The maximum Gasteiger partial charge on any atom is 0.341 e. The molecule has 1 aromatic carbocycles. The second kappa shape index (κ2) is 8.78. The highest BCUT2D eigenvalue weighted by Crippen LogP contribution is 2.24. The maximum absolute atomic E-state index is 14.9. The zero-order valence-corrected chi connectivity index (χ0v) is 17.5. The molecule has 1 aliphatic rings. The van der Waals surface area contributed by atoms with Crippen molar-refractivity contribution in [2.24, 2.45) is 0 Å². The van der Waals surface area contributed by atoms with Crippen LogP contribution in [0.5, 0.6) is 0 Å². The summed E-state index contributed by atoms with van der Waals surface area (Å²) in [6.07, 6.45) is 2.49. The van der Waals surface area contributed by atoms with Crippen molar-refractivity contribution in [1.82, 2.24) is 14.9 Å². The van der Waals surface area contributed by atoms with Gasteiger partial charge in [-0.15, -0.1) is 0 Å². The summed E-state index contributed by atoms with van der Waals surface area (Å²) in [5.41, 5.74) is -0.324. The van der Waals surface area contributed by atoms with Gasteiger partial charge in [0.05, 0.1) is 5.39 Å². The molecule has 3 heterocycles. The number of rotatable bonds is 5. The molecule has 2 N–H and O–H groups in total. The lowest BCUT2D eigenvalue weighted by atomic mass is 10.0. The van der Waals surface area contributed by atoms with Crippen molar-refractivity contribution in [3.8, 4) is 0 Å². The molecule has 2 aromatic heterocycles. The van der Waals surface area contributed by atoms with Crippen LogP contribution in [0.4, 0.5) is 10.2 Å². The first-order valence-corrected chi connectivity index (χ1v) is 10.5. The lowest BCUT2D eigenvalue weighted by Crippen LogP contribution is -2.45. The highest BCUT2D eigenvalue weighted by molar-refractivity contribution is 5.94. The number of anilines is 1. The summed E-state index contributed by atoms with van der Waals surface area (Å²) in [5, 5.41) is 12.2. The third-order valence-corrected chi connectivity index (χ3v) is 5.72. The number of fused-ring (bicyclic) bond motifs is 1. The van der Waals surface area contributed by atoms with Gasteiger partial charge in [-0.25, -0.2) is 14.2 Å². The van der Waals surface area contributed by atoms with Gasteiger partial charge in [0.2, 0.25) is 5.43 Å². The predicted octanol–water partition coefficient (Wildman–Crippen LogP) is 2.65. The molecule has 1 fully saturated rings. The molecule has 9 heteroatoms. The fourth-order valence-corrected chi connectivity index (χ4v) is 3.99. The Morgan fingerprint density at radius 2 is 1.91 bits per heavy atom. The van der Waals surface area contributed by atoms with Crippen molar-refractivity contribution >= 4 is 28.7 Å². The van der Waals surface area contributed by atoms with E-state index in [1.807, 2.05) is 6.07 Å². The highest BCUT2D eigenvalue weighted by atomic mass is 19.1. The Morgan fingerprint density at radius 1 is 1.22 bits per heavy atom. The van der Waals surface area contributed by atoms with E-state index in [1.54, 1.807) is 36.1 Å². The molecule has 0 unspecified atom stereocenters. The molecule has 4 rings (SSSR count). The van der Waals surface area contributed by atoms with Crippen LogP contribution in [0.1, 0.15) is 40.5 Å². The van der Waals surface area contributed by atoms with Gasteiger partial charge in [0.15, 0.2) is 11.6 Å². The standard InChI is InChI=1S/C23H23FN4O4/c1-2-27-13-17(23(31)32)19(29)16-12-18(24)21(26-20(16)27)28-10-8-15(9-11-28)25-22(30)14-6-4-3-5-7-14/h3-7,12-13,15H,2,8-11H2,1H3,(H,25,30)(H,31,32). The lowest BCUT2D eigenvalue weighted by molar-refractivity contribution is 0.0694. The summed E-state index contributed by atoms with van der Waals surface area (Å²) in [6.45, 7) is 3.14. The number of hydrogen-bond acceptors (Lipinski definition) is 5. The molecule has 1 aliphatic heterocycles. The first kappa shape index (κ1) is 21.5. The minimum Gasteiger partial charge on any atom is -0.477 e. The van der Waals surface area contributed by atoms with Gasteiger partial charge in [0.25, 0.3) is 5.91 Å². The van der Waals surface area contributed by atoms with E-state index < -0.39 is 22.8 Å². The van der Waals surface area contributed by atoms with Crippen molar-refractivity contribution in [2.45, 2.75) is 32.4 Å². The number of pyridine rings is 2. The van der Waals surface area contributed by atoms with Crippen LogP contribution in [0.25, 0.3) is 11.0 Å². The molecule has 32 heavy (non-hydrogen) atoms. The van der Waals surface area contributed by atoms with Crippen LogP contribution in [0.2, 0.25) is 0 Å². The van der Waals surface area contributed by atoms with Crippen LogP contribution in [0.3, 0.4) is 0 Å². The zero-order chi connectivity index (χ0) is 22.8. The quantitative estimate of drug-likeness (QED) is 0.635. The molecule has 1 amide bonds. The molecule has 1 saturated heterocycles. The van der Waals surface area contributed by atoms with Crippen molar-refractivity contribution in [3.05, 3.63) is 69.8 Å². The van der Waals surface area contributed by atoms with Gasteiger partial charge in [-0.2, -0.15) is 0 Å². The van der Waals surface area contributed by atoms with Crippen molar-refractivity contribution in [2.75, 3.05) is 18.0 Å². The molecule has 3 aromatic rings. The number of aryl methyl sites for hydroxylation is 1. The normalized spacial score (nSPS) is 14.5. The van der Waals surface area contributed by atoms with E-state index in [-0.39, 0.29) is 28.8 Å². The predicted molar refractivity (Wildman–Crippen MR) is 118 cm³/mol. The SMILES string of the molecule is CCn1cc(C(=O)O)c(=O)c2cc(F)c(N3CCC(NC(=O)c4ccccc4)CC3)nc21. The number of halogens is 1. The Labute approximate surface area is 183 Å². The number of benzene rings is 1. The second-order valence-electron chi connectivity index (χ2n) is 7.73. The number of aromatic nitrogens is 2. The van der Waals surface area contributed by atoms with Crippen molar-refractivity contribution < 1.29 is 19.1 Å². The number of amides is 1. The van der Waals surface area contributed by atoms with E-state index in [4.69, 9.17) is 0 Å². The Hall–Kier alpha value is -3.75. The summed E-state index contributed by atoms with van der Waals surface area (Å²) < 4.78 is 16.4. The fourth-order valence-electron chi connectivity index (χ4n) is 3.99.